The van der Waals surface area contributed by atoms with Gasteiger partial charge < -0.3 is 15.4 Å². The van der Waals surface area contributed by atoms with Gasteiger partial charge in [0.1, 0.15) is 11.4 Å². The molecule has 0 bridgehead atoms. The lowest BCUT2D eigenvalue weighted by Crippen LogP contribution is -2.38. The van der Waals surface area contributed by atoms with Gasteiger partial charge in [-0.3, -0.25) is 4.79 Å². The molecule has 24 heavy (non-hydrogen) atoms. The van der Waals surface area contributed by atoms with Gasteiger partial charge in [-0.15, -0.1) is 0 Å². The van der Waals surface area contributed by atoms with Crippen LogP contribution in [0.5, 0.6) is 0 Å². The standard InChI is InChI=1S/C18H25FN2O3/c1-11-5-7-13(19)10-15(11)21-16(22)12-6-8-14(9-12)20-17(23)24-18(2,3)4/h5,7,10,12,14H,6,8-9H2,1-4H3,(H,20,23)(H,21,22)/t12-,14+/m0/s1. The second-order valence-electron chi connectivity index (χ2n) is 7.30. The Balaban J connectivity index is 1.87. The first-order valence-corrected chi connectivity index (χ1v) is 8.20. The molecule has 2 atom stereocenters. The van der Waals surface area contributed by atoms with Gasteiger partial charge in [-0.25, -0.2) is 9.18 Å². The maximum Gasteiger partial charge on any atom is 0.407 e. The Kier molecular flexibility index (Phi) is 5.47. The first-order chi connectivity index (χ1) is 11.1. The van der Waals surface area contributed by atoms with Crippen molar-refractivity contribution in [1.29, 1.82) is 0 Å². The molecule has 0 aromatic heterocycles. The highest BCUT2D eigenvalue weighted by molar-refractivity contribution is 5.93. The fourth-order valence-electron chi connectivity index (χ4n) is 2.79. The summed E-state index contributed by atoms with van der Waals surface area (Å²) in [6.07, 6.45) is 1.49. The second kappa shape index (κ2) is 7.20. The molecule has 5 nitrogen and oxygen atoms in total. The van der Waals surface area contributed by atoms with Crippen LogP contribution in [-0.4, -0.2) is 23.6 Å². The van der Waals surface area contributed by atoms with Crippen LogP contribution in [-0.2, 0) is 9.53 Å². The van der Waals surface area contributed by atoms with Crippen molar-refractivity contribution in [2.45, 2.75) is 58.6 Å². The van der Waals surface area contributed by atoms with E-state index < -0.39 is 11.7 Å². The third kappa shape index (κ3) is 5.22. The fourth-order valence-corrected chi connectivity index (χ4v) is 2.79. The molecule has 0 heterocycles. The molecular weight excluding hydrogens is 311 g/mol. The number of anilines is 1. The summed E-state index contributed by atoms with van der Waals surface area (Å²) >= 11 is 0. The number of benzene rings is 1. The molecule has 1 aliphatic rings. The number of halogens is 1. The van der Waals surface area contributed by atoms with Crippen molar-refractivity contribution in [3.05, 3.63) is 29.6 Å². The van der Waals surface area contributed by atoms with E-state index in [0.29, 0.717) is 18.5 Å². The van der Waals surface area contributed by atoms with Gasteiger partial charge in [0.25, 0.3) is 0 Å². The summed E-state index contributed by atoms with van der Waals surface area (Å²) in [7, 11) is 0. The van der Waals surface area contributed by atoms with Crippen LogP contribution in [0.15, 0.2) is 18.2 Å². The molecule has 0 spiro atoms. The Morgan fingerprint density at radius 3 is 2.62 bits per heavy atom. The van der Waals surface area contributed by atoms with Crippen LogP contribution in [0.1, 0.15) is 45.6 Å². The summed E-state index contributed by atoms with van der Waals surface area (Å²) < 4.78 is 18.5. The van der Waals surface area contributed by atoms with Crippen molar-refractivity contribution in [3.8, 4) is 0 Å². The monoisotopic (exact) mass is 336 g/mol. The van der Waals surface area contributed by atoms with Crippen LogP contribution >= 0.6 is 0 Å². The molecule has 0 aliphatic heterocycles. The van der Waals surface area contributed by atoms with Crippen molar-refractivity contribution in [1.82, 2.24) is 5.32 Å². The zero-order valence-corrected chi connectivity index (χ0v) is 14.6. The summed E-state index contributed by atoms with van der Waals surface area (Å²) in [6, 6.07) is 4.23. The smallest absolute Gasteiger partial charge is 0.407 e. The Labute approximate surface area is 142 Å². The number of hydrogen-bond acceptors (Lipinski definition) is 3. The minimum Gasteiger partial charge on any atom is -0.444 e. The third-order valence-corrected chi connectivity index (χ3v) is 3.98. The van der Waals surface area contributed by atoms with E-state index in [0.717, 1.165) is 12.0 Å². The molecule has 1 aromatic carbocycles. The van der Waals surface area contributed by atoms with Crippen molar-refractivity contribution in [2.75, 3.05) is 5.32 Å². The predicted molar refractivity (Wildman–Crippen MR) is 90.3 cm³/mol. The fraction of sp³-hybridized carbons (Fsp3) is 0.556. The highest BCUT2D eigenvalue weighted by Crippen LogP contribution is 2.28. The van der Waals surface area contributed by atoms with Gasteiger partial charge in [0.2, 0.25) is 5.91 Å². The van der Waals surface area contributed by atoms with Crippen LogP contribution in [0.4, 0.5) is 14.9 Å². The summed E-state index contributed by atoms with van der Waals surface area (Å²) in [5, 5.41) is 5.59. The summed E-state index contributed by atoms with van der Waals surface area (Å²) in [5.74, 6) is -0.725. The molecule has 1 fully saturated rings. The lowest BCUT2D eigenvalue weighted by Gasteiger charge is -2.21. The molecular formula is C18H25FN2O3. The molecule has 0 saturated heterocycles. The molecule has 2 amide bonds. The summed E-state index contributed by atoms with van der Waals surface area (Å²) in [5.41, 5.74) is 0.753. The minimum atomic E-state index is -0.547. The van der Waals surface area contributed by atoms with Crippen LogP contribution < -0.4 is 10.6 Å². The van der Waals surface area contributed by atoms with Crippen molar-refractivity contribution < 1.29 is 18.7 Å². The first-order valence-electron chi connectivity index (χ1n) is 8.20. The maximum atomic E-state index is 13.3. The van der Waals surface area contributed by atoms with Gasteiger partial charge >= 0.3 is 6.09 Å². The minimum absolute atomic E-state index is 0.0794. The Morgan fingerprint density at radius 2 is 1.96 bits per heavy atom. The number of rotatable bonds is 3. The number of alkyl carbamates (subject to hydrolysis) is 1. The number of carbonyl (C=O) groups excluding carboxylic acids is 2. The molecule has 6 heteroatoms. The Morgan fingerprint density at radius 1 is 1.25 bits per heavy atom. The van der Waals surface area contributed by atoms with E-state index in [1.807, 2.05) is 6.92 Å². The van der Waals surface area contributed by atoms with Crippen LogP contribution in [0.25, 0.3) is 0 Å². The number of amides is 2. The van der Waals surface area contributed by atoms with E-state index in [-0.39, 0.29) is 23.7 Å². The van der Waals surface area contributed by atoms with Gasteiger partial charge in [-0.1, -0.05) is 6.07 Å². The van der Waals surface area contributed by atoms with Crippen molar-refractivity contribution in [3.63, 3.8) is 0 Å². The quantitative estimate of drug-likeness (QED) is 0.883. The average Bonchev–Trinajstić information content (AvgIpc) is 2.89. The van der Waals surface area contributed by atoms with Crippen LogP contribution in [0.3, 0.4) is 0 Å². The largest absolute Gasteiger partial charge is 0.444 e. The van der Waals surface area contributed by atoms with Gasteiger partial charge in [-0.05, 0) is 64.7 Å². The van der Waals surface area contributed by atoms with Gasteiger partial charge in [-0.2, -0.15) is 0 Å². The van der Waals surface area contributed by atoms with Gasteiger partial charge in [0, 0.05) is 17.6 Å². The molecule has 1 aromatic rings. The van der Waals surface area contributed by atoms with Crippen molar-refractivity contribution in [2.24, 2.45) is 5.92 Å². The Hall–Kier alpha value is -2.11. The zero-order chi connectivity index (χ0) is 17.9. The highest BCUT2D eigenvalue weighted by atomic mass is 19.1. The van der Waals surface area contributed by atoms with Crippen molar-refractivity contribution >= 4 is 17.7 Å². The third-order valence-electron chi connectivity index (χ3n) is 3.98. The van der Waals surface area contributed by atoms with Gasteiger partial charge in [0.15, 0.2) is 0 Å². The molecule has 2 N–H and O–H groups in total. The van der Waals surface area contributed by atoms with E-state index in [1.54, 1.807) is 26.8 Å². The van der Waals surface area contributed by atoms with E-state index in [1.165, 1.54) is 12.1 Å². The van der Waals surface area contributed by atoms with E-state index >= 15 is 0 Å². The number of carbonyl (C=O) groups is 2. The average molecular weight is 336 g/mol. The normalized spacial score (nSPS) is 20.5. The van der Waals surface area contributed by atoms with E-state index in [2.05, 4.69) is 10.6 Å². The topological polar surface area (TPSA) is 67.4 Å². The highest BCUT2D eigenvalue weighted by Gasteiger charge is 2.32. The lowest BCUT2D eigenvalue weighted by atomic mass is 10.1. The molecule has 132 valence electrons. The maximum absolute atomic E-state index is 13.3. The molecule has 1 saturated carbocycles. The first kappa shape index (κ1) is 18.2. The summed E-state index contributed by atoms with van der Waals surface area (Å²) in [4.78, 5) is 24.1. The van der Waals surface area contributed by atoms with Gasteiger partial charge in [0.05, 0.1) is 0 Å². The van der Waals surface area contributed by atoms with Crippen LogP contribution in [0, 0.1) is 18.7 Å². The molecule has 1 aliphatic carbocycles. The second-order valence-corrected chi connectivity index (χ2v) is 7.30. The zero-order valence-electron chi connectivity index (χ0n) is 14.6. The predicted octanol–water partition coefficient (Wildman–Crippen LogP) is 3.77. The Bertz CT molecular complexity index is 625. The van der Waals surface area contributed by atoms with E-state index in [4.69, 9.17) is 4.74 Å². The SMILES string of the molecule is Cc1ccc(F)cc1NC(=O)[C@H]1CC[C@@H](NC(=O)OC(C)(C)C)C1. The number of nitrogens with one attached hydrogen (secondary N) is 2. The number of aryl methyl sites for hydroxylation is 1. The number of hydrogen-bond donors (Lipinski definition) is 2. The molecule has 0 radical (unpaired) electrons. The van der Waals surface area contributed by atoms with Crippen LogP contribution in [0.2, 0.25) is 0 Å². The number of ether oxygens (including phenoxy) is 1. The lowest BCUT2D eigenvalue weighted by molar-refractivity contribution is -0.119. The summed E-state index contributed by atoms with van der Waals surface area (Å²) in [6.45, 7) is 7.23. The van der Waals surface area contributed by atoms with E-state index in [9.17, 15) is 14.0 Å². The molecule has 2 rings (SSSR count). The molecule has 0 unspecified atom stereocenters.